The SMILES string of the molecule is COc1c(N)nc(-c2ccc(Cl)c(CCF)c2F)nc1C(=O)O. The highest BCUT2D eigenvalue weighted by molar-refractivity contribution is 6.31. The van der Waals surface area contributed by atoms with Crippen molar-refractivity contribution in [3.8, 4) is 17.1 Å². The average Bonchev–Trinajstić information content (AvgIpc) is 2.50. The predicted molar refractivity (Wildman–Crippen MR) is 80.0 cm³/mol. The van der Waals surface area contributed by atoms with E-state index in [0.717, 1.165) is 0 Å². The Bertz CT molecular complexity index is 771. The molecule has 0 aliphatic heterocycles. The third-order valence-corrected chi connectivity index (χ3v) is 3.42. The number of carboxylic acid groups (broad SMARTS) is 1. The molecule has 0 saturated carbocycles. The second kappa shape index (κ2) is 6.74. The number of aromatic carboxylic acids is 1. The maximum Gasteiger partial charge on any atom is 0.358 e. The highest BCUT2D eigenvalue weighted by Gasteiger charge is 2.22. The van der Waals surface area contributed by atoms with Gasteiger partial charge in [-0.1, -0.05) is 11.6 Å². The van der Waals surface area contributed by atoms with Crippen LogP contribution in [0.1, 0.15) is 16.1 Å². The number of hydrogen-bond acceptors (Lipinski definition) is 5. The predicted octanol–water partition coefficient (Wildman–Crippen LogP) is 2.74. The number of hydrogen-bond donors (Lipinski definition) is 2. The van der Waals surface area contributed by atoms with Crippen LogP contribution in [-0.4, -0.2) is 34.8 Å². The minimum Gasteiger partial charge on any atom is -0.491 e. The number of ether oxygens (including phenoxy) is 1. The highest BCUT2D eigenvalue weighted by Crippen LogP contribution is 2.31. The molecule has 2 aromatic rings. The first-order valence-electron chi connectivity index (χ1n) is 6.38. The lowest BCUT2D eigenvalue weighted by molar-refractivity contribution is 0.0686. The van der Waals surface area contributed by atoms with Crippen LogP contribution in [0.25, 0.3) is 11.4 Å². The molecular weight excluding hydrogens is 332 g/mol. The smallest absolute Gasteiger partial charge is 0.358 e. The number of nitrogens with two attached hydrogens (primary N) is 1. The van der Waals surface area contributed by atoms with Crippen LogP contribution in [0.2, 0.25) is 5.02 Å². The summed E-state index contributed by atoms with van der Waals surface area (Å²) in [6, 6.07) is 2.63. The molecule has 0 amide bonds. The second-order valence-electron chi connectivity index (χ2n) is 4.45. The minimum absolute atomic E-state index is 0.0402. The first-order chi connectivity index (χ1) is 10.9. The van der Waals surface area contributed by atoms with Crippen molar-refractivity contribution in [3.63, 3.8) is 0 Å². The molecule has 0 spiro atoms. The van der Waals surface area contributed by atoms with Gasteiger partial charge in [0.25, 0.3) is 0 Å². The van der Waals surface area contributed by atoms with Crippen LogP contribution in [0, 0.1) is 5.82 Å². The molecule has 0 atom stereocenters. The molecule has 1 aromatic carbocycles. The van der Waals surface area contributed by atoms with Gasteiger partial charge < -0.3 is 15.6 Å². The third kappa shape index (κ3) is 3.16. The van der Waals surface area contributed by atoms with E-state index in [4.69, 9.17) is 27.2 Å². The number of carboxylic acids is 1. The van der Waals surface area contributed by atoms with Crippen molar-refractivity contribution in [3.05, 3.63) is 34.2 Å². The summed E-state index contributed by atoms with van der Waals surface area (Å²) in [5.41, 5.74) is 4.96. The Labute approximate surface area is 134 Å². The van der Waals surface area contributed by atoms with E-state index in [1.165, 1.54) is 19.2 Å². The summed E-state index contributed by atoms with van der Waals surface area (Å²) in [6.45, 7) is -0.800. The molecule has 122 valence electrons. The molecule has 2 rings (SSSR count). The van der Waals surface area contributed by atoms with Crippen LogP contribution in [0.5, 0.6) is 5.75 Å². The maximum atomic E-state index is 14.5. The molecular formula is C14H12ClF2N3O3. The summed E-state index contributed by atoms with van der Waals surface area (Å²) in [5.74, 6) is -2.96. The van der Waals surface area contributed by atoms with Gasteiger partial charge in [-0.25, -0.2) is 19.2 Å². The van der Waals surface area contributed by atoms with E-state index in [1.54, 1.807) is 0 Å². The fourth-order valence-electron chi connectivity index (χ4n) is 2.03. The van der Waals surface area contributed by atoms with Crippen LogP contribution in [0.15, 0.2) is 12.1 Å². The Morgan fingerprint density at radius 3 is 2.70 bits per heavy atom. The zero-order chi connectivity index (χ0) is 17.1. The Kier molecular flexibility index (Phi) is 4.95. The van der Waals surface area contributed by atoms with Gasteiger partial charge >= 0.3 is 5.97 Å². The first kappa shape index (κ1) is 16.9. The topological polar surface area (TPSA) is 98.3 Å². The van der Waals surface area contributed by atoms with Crippen molar-refractivity contribution in [2.24, 2.45) is 0 Å². The van der Waals surface area contributed by atoms with Crippen LogP contribution in [0.4, 0.5) is 14.6 Å². The molecule has 0 saturated heterocycles. The largest absolute Gasteiger partial charge is 0.491 e. The van der Waals surface area contributed by atoms with Gasteiger partial charge in [-0.3, -0.25) is 4.39 Å². The average molecular weight is 344 g/mol. The lowest BCUT2D eigenvalue weighted by Gasteiger charge is -2.12. The molecule has 0 radical (unpaired) electrons. The Morgan fingerprint density at radius 2 is 2.13 bits per heavy atom. The number of benzene rings is 1. The molecule has 9 heteroatoms. The monoisotopic (exact) mass is 343 g/mol. The van der Waals surface area contributed by atoms with E-state index < -0.39 is 24.2 Å². The van der Waals surface area contributed by atoms with E-state index in [0.29, 0.717) is 0 Å². The van der Waals surface area contributed by atoms with Gasteiger partial charge in [-0.15, -0.1) is 0 Å². The standard InChI is InChI=1S/C14H12ClF2N3O3/c1-23-11-10(14(21)22)19-13(20-12(11)18)7-2-3-8(15)6(4-5-16)9(7)17/h2-3H,4-5H2,1H3,(H,21,22)(H2,18,19,20). The van der Waals surface area contributed by atoms with Gasteiger partial charge in [0.2, 0.25) is 0 Å². The molecule has 6 nitrogen and oxygen atoms in total. The summed E-state index contributed by atoms with van der Waals surface area (Å²) in [5, 5.41) is 9.21. The van der Waals surface area contributed by atoms with E-state index >= 15 is 0 Å². The summed E-state index contributed by atoms with van der Waals surface area (Å²) in [7, 11) is 1.21. The fraction of sp³-hybridized carbons (Fsp3) is 0.214. The molecule has 23 heavy (non-hydrogen) atoms. The van der Waals surface area contributed by atoms with E-state index in [9.17, 15) is 13.6 Å². The molecule has 0 aliphatic rings. The number of aromatic nitrogens is 2. The summed E-state index contributed by atoms with van der Waals surface area (Å²) < 4.78 is 31.9. The Balaban J connectivity index is 2.68. The number of nitrogens with zero attached hydrogens (tertiary/aromatic N) is 2. The van der Waals surface area contributed by atoms with E-state index in [-0.39, 0.29) is 40.0 Å². The van der Waals surface area contributed by atoms with Crippen molar-refractivity contribution >= 4 is 23.4 Å². The number of halogens is 3. The summed E-state index contributed by atoms with van der Waals surface area (Å²) in [6.07, 6.45) is -0.226. The van der Waals surface area contributed by atoms with Crippen LogP contribution in [-0.2, 0) is 6.42 Å². The van der Waals surface area contributed by atoms with Crippen LogP contribution in [0.3, 0.4) is 0 Å². The van der Waals surface area contributed by atoms with Crippen molar-refractivity contribution in [2.75, 3.05) is 19.5 Å². The Morgan fingerprint density at radius 1 is 1.43 bits per heavy atom. The van der Waals surface area contributed by atoms with Crippen molar-refractivity contribution < 1.29 is 23.4 Å². The van der Waals surface area contributed by atoms with Gasteiger partial charge in [0, 0.05) is 17.0 Å². The molecule has 3 N–H and O–H groups in total. The zero-order valence-corrected chi connectivity index (χ0v) is 12.7. The zero-order valence-electron chi connectivity index (χ0n) is 11.9. The maximum absolute atomic E-state index is 14.5. The van der Waals surface area contributed by atoms with Gasteiger partial charge in [0.05, 0.1) is 19.3 Å². The van der Waals surface area contributed by atoms with Gasteiger partial charge in [-0.05, 0) is 12.1 Å². The fourth-order valence-corrected chi connectivity index (χ4v) is 2.27. The molecule has 0 fully saturated rings. The lowest BCUT2D eigenvalue weighted by Crippen LogP contribution is -2.10. The summed E-state index contributed by atoms with van der Waals surface area (Å²) in [4.78, 5) is 18.9. The molecule has 0 bridgehead atoms. The first-order valence-corrected chi connectivity index (χ1v) is 6.76. The second-order valence-corrected chi connectivity index (χ2v) is 4.85. The number of nitrogen functional groups attached to an aromatic ring is 1. The molecule has 1 heterocycles. The summed E-state index contributed by atoms with van der Waals surface area (Å²) >= 11 is 5.84. The van der Waals surface area contributed by atoms with Crippen molar-refractivity contribution in [2.45, 2.75) is 6.42 Å². The molecule has 0 aliphatic carbocycles. The number of carbonyl (C=O) groups is 1. The quantitative estimate of drug-likeness (QED) is 0.866. The van der Waals surface area contributed by atoms with Gasteiger partial charge in [0.1, 0.15) is 5.82 Å². The molecule has 0 unspecified atom stereocenters. The van der Waals surface area contributed by atoms with Gasteiger partial charge in [0.15, 0.2) is 23.1 Å². The van der Waals surface area contributed by atoms with E-state index in [2.05, 4.69) is 9.97 Å². The number of anilines is 1. The van der Waals surface area contributed by atoms with Crippen molar-refractivity contribution in [1.29, 1.82) is 0 Å². The van der Waals surface area contributed by atoms with E-state index in [1.807, 2.05) is 0 Å². The number of alkyl halides is 1. The van der Waals surface area contributed by atoms with Crippen LogP contribution >= 0.6 is 11.6 Å². The molecule has 1 aromatic heterocycles. The van der Waals surface area contributed by atoms with Crippen LogP contribution < -0.4 is 10.5 Å². The van der Waals surface area contributed by atoms with Gasteiger partial charge in [-0.2, -0.15) is 0 Å². The highest BCUT2D eigenvalue weighted by atomic mass is 35.5. The number of rotatable bonds is 5. The Hall–Kier alpha value is -2.48. The lowest BCUT2D eigenvalue weighted by atomic mass is 10.1. The number of methoxy groups -OCH3 is 1. The normalized spacial score (nSPS) is 10.6. The minimum atomic E-state index is -1.41. The van der Waals surface area contributed by atoms with Crippen molar-refractivity contribution in [1.82, 2.24) is 9.97 Å². The third-order valence-electron chi connectivity index (χ3n) is 3.07.